The molecular formula is C14H13ClFNO3S. The van der Waals surface area contributed by atoms with Crippen molar-refractivity contribution in [3.05, 3.63) is 64.9 Å². The first-order valence-electron chi connectivity index (χ1n) is 6.08. The number of aliphatic hydroxyl groups excluding tert-OH is 1. The molecule has 0 radical (unpaired) electrons. The van der Waals surface area contributed by atoms with E-state index in [0.717, 1.165) is 12.1 Å². The number of sulfonamides is 1. The van der Waals surface area contributed by atoms with Crippen LogP contribution in [0.1, 0.15) is 11.7 Å². The van der Waals surface area contributed by atoms with Gasteiger partial charge in [0, 0.05) is 6.54 Å². The monoisotopic (exact) mass is 329 g/mol. The number of halogens is 2. The molecule has 0 aliphatic heterocycles. The van der Waals surface area contributed by atoms with Gasteiger partial charge in [-0.05, 0) is 23.8 Å². The van der Waals surface area contributed by atoms with Gasteiger partial charge in [0.2, 0.25) is 10.0 Å². The lowest BCUT2D eigenvalue weighted by Gasteiger charge is -2.13. The number of nitrogens with one attached hydrogen (secondary N) is 1. The molecule has 0 spiro atoms. The largest absolute Gasteiger partial charge is 0.387 e. The van der Waals surface area contributed by atoms with E-state index < -0.39 is 21.9 Å². The fourth-order valence-corrected chi connectivity index (χ4v) is 3.29. The van der Waals surface area contributed by atoms with Gasteiger partial charge >= 0.3 is 0 Å². The van der Waals surface area contributed by atoms with Crippen LogP contribution in [-0.2, 0) is 10.0 Å². The smallest absolute Gasteiger partial charge is 0.242 e. The predicted molar refractivity (Wildman–Crippen MR) is 78.0 cm³/mol. The Morgan fingerprint density at radius 1 is 1.19 bits per heavy atom. The lowest BCUT2D eigenvalue weighted by Crippen LogP contribution is -2.28. The van der Waals surface area contributed by atoms with E-state index in [1.165, 1.54) is 6.07 Å². The van der Waals surface area contributed by atoms with Crippen molar-refractivity contribution in [2.75, 3.05) is 6.54 Å². The minimum absolute atomic E-state index is 0.0851. The van der Waals surface area contributed by atoms with E-state index in [2.05, 4.69) is 4.72 Å². The van der Waals surface area contributed by atoms with E-state index in [1.807, 2.05) is 0 Å². The van der Waals surface area contributed by atoms with Gasteiger partial charge in [-0.3, -0.25) is 0 Å². The summed E-state index contributed by atoms with van der Waals surface area (Å²) in [5.74, 6) is -0.705. The maximum atomic E-state index is 13.1. The van der Waals surface area contributed by atoms with Crippen molar-refractivity contribution in [1.29, 1.82) is 0 Å². The van der Waals surface area contributed by atoms with Gasteiger partial charge in [-0.2, -0.15) is 0 Å². The first-order valence-corrected chi connectivity index (χ1v) is 7.94. The Bertz CT molecular complexity index is 722. The molecule has 2 aromatic rings. The third kappa shape index (κ3) is 4.01. The molecule has 0 aliphatic carbocycles. The van der Waals surface area contributed by atoms with Crippen molar-refractivity contribution in [2.45, 2.75) is 11.0 Å². The molecule has 0 bridgehead atoms. The quantitative estimate of drug-likeness (QED) is 0.885. The first-order chi connectivity index (χ1) is 9.90. The summed E-state index contributed by atoms with van der Waals surface area (Å²) < 4.78 is 39.5. The summed E-state index contributed by atoms with van der Waals surface area (Å²) in [5, 5.41) is 9.84. The average Bonchev–Trinajstić information content (AvgIpc) is 2.48. The zero-order valence-corrected chi connectivity index (χ0v) is 12.4. The fourth-order valence-electron chi connectivity index (χ4n) is 1.74. The molecule has 2 N–H and O–H groups in total. The molecule has 0 saturated carbocycles. The summed E-state index contributed by atoms with van der Waals surface area (Å²) in [4.78, 5) is -0.357. The lowest BCUT2D eigenvalue weighted by molar-refractivity contribution is 0.182. The molecule has 1 unspecified atom stereocenters. The minimum atomic E-state index is -4.00. The second-order valence-corrected chi connectivity index (χ2v) is 6.50. The molecule has 0 heterocycles. The molecule has 0 saturated heterocycles. The van der Waals surface area contributed by atoms with Crippen LogP contribution in [-0.4, -0.2) is 20.1 Å². The van der Waals surface area contributed by atoms with Crippen molar-refractivity contribution >= 4 is 21.6 Å². The summed E-state index contributed by atoms with van der Waals surface area (Å²) >= 11 is 5.76. The zero-order valence-electron chi connectivity index (χ0n) is 10.8. The highest BCUT2D eigenvalue weighted by Gasteiger charge is 2.20. The van der Waals surface area contributed by atoms with E-state index >= 15 is 0 Å². The topological polar surface area (TPSA) is 66.4 Å². The maximum absolute atomic E-state index is 13.1. The van der Waals surface area contributed by atoms with Gasteiger partial charge in [0.1, 0.15) is 10.7 Å². The van der Waals surface area contributed by atoms with Crippen molar-refractivity contribution < 1.29 is 17.9 Å². The molecule has 4 nitrogen and oxygen atoms in total. The van der Waals surface area contributed by atoms with Gasteiger partial charge in [0.25, 0.3) is 0 Å². The number of rotatable bonds is 5. The highest BCUT2D eigenvalue weighted by atomic mass is 35.5. The standard InChI is InChI=1S/C14H13ClFNO3S/c15-12-7-6-11(16)8-14(12)21(19,20)17-9-13(18)10-4-2-1-3-5-10/h1-8,13,17-18H,9H2. The van der Waals surface area contributed by atoms with Crippen LogP contribution in [0.25, 0.3) is 0 Å². The highest BCUT2D eigenvalue weighted by Crippen LogP contribution is 2.22. The van der Waals surface area contributed by atoms with Crippen LogP contribution < -0.4 is 4.72 Å². The maximum Gasteiger partial charge on any atom is 0.242 e. The van der Waals surface area contributed by atoms with Crippen LogP contribution in [0.2, 0.25) is 5.02 Å². The average molecular weight is 330 g/mol. The Morgan fingerprint density at radius 2 is 1.86 bits per heavy atom. The normalized spacial score (nSPS) is 13.1. The van der Waals surface area contributed by atoms with Crippen molar-refractivity contribution in [2.24, 2.45) is 0 Å². The van der Waals surface area contributed by atoms with Gasteiger partial charge in [0.15, 0.2) is 0 Å². The van der Waals surface area contributed by atoms with Crippen LogP contribution in [0.5, 0.6) is 0 Å². The molecule has 2 rings (SSSR count). The second-order valence-electron chi connectivity index (χ2n) is 4.35. The Hall–Kier alpha value is -1.47. The third-order valence-corrected chi connectivity index (χ3v) is 4.74. The molecule has 1 atom stereocenters. The Kier molecular flexibility index (Phi) is 4.95. The highest BCUT2D eigenvalue weighted by molar-refractivity contribution is 7.89. The van der Waals surface area contributed by atoms with Crippen LogP contribution in [0.4, 0.5) is 4.39 Å². The third-order valence-electron chi connectivity index (χ3n) is 2.83. The van der Waals surface area contributed by atoms with Gasteiger partial charge in [-0.1, -0.05) is 41.9 Å². The zero-order chi connectivity index (χ0) is 15.5. The van der Waals surface area contributed by atoms with E-state index in [1.54, 1.807) is 30.3 Å². The first kappa shape index (κ1) is 15.9. The Labute approximate surface area is 127 Å². The van der Waals surface area contributed by atoms with Crippen molar-refractivity contribution in [1.82, 2.24) is 4.72 Å². The van der Waals surface area contributed by atoms with E-state index in [-0.39, 0.29) is 16.5 Å². The number of aliphatic hydroxyl groups is 1. The second kappa shape index (κ2) is 6.53. The molecule has 7 heteroatoms. The molecule has 2 aromatic carbocycles. The van der Waals surface area contributed by atoms with Gasteiger partial charge in [-0.15, -0.1) is 0 Å². The van der Waals surface area contributed by atoms with E-state index in [0.29, 0.717) is 5.56 Å². The molecule has 112 valence electrons. The minimum Gasteiger partial charge on any atom is -0.387 e. The van der Waals surface area contributed by atoms with E-state index in [9.17, 15) is 17.9 Å². The van der Waals surface area contributed by atoms with Crippen molar-refractivity contribution in [3.63, 3.8) is 0 Å². The molecule has 21 heavy (non-hydrogen) atoms. The number of hydrogen-bond acceptors (Lipinski definition) is 3. The SMILES string of the molecule is O=S(=O)(NCC(O)c1ccccc1)c1cc(F)ccc1Cl. The fraction of sp³-hybridized carbons (Fsp3) is 0.143. The summed E-state index contributed by atoms with van der Waals surface area (Å²) in [6, 6.07) is 11.7. The predicted octanol–water partition coefficient (Wildman–Crippen LogP) is 2.49. The van der Waals surface area contributed by atoms with Crippen LogP contribution >= 0.6 is 11.6 Å². The van der Waals surface area contributed by atoms with Crippen molar-refractivity contribution in [3.8, 4) is 0 Å². The lowest BCUT2D eigenvalue weighted by atomic mass is 10.1. The summed E-state index contributed by atoms with van der Waals surface area (Å²) in [7, 11) is -4.00. The molecular weight excluding hydrogens is 317 g/mol. The van der Waals surface area contributed by atoms with Gasteiger partial charge in [0.05, 0.1) is 11.1 Å². The molecule has 0 aromatic heterocycles. The molecule has 0 aliphatic rings. The molecule has 0 amide bonds. The van der Waals surface area contributed by atoms with Crippen LogP contribution in [0.3, 0.4) is 0 Å². The summed E-state index contributed by atoms with van der Waals surface area (Å²) in [6.45, 7) is -0.237. The Morgan fingerprint density at radius 3 is 2.52 bits per heavy atom. The van der Waals surface area contributed by atoms with Gasteiger partial charge in [-0.25, -0.2) is 17.5 Å². The number of benzene rings is 2. The van der Waals surface area contributed by atoms with Gasteiger partial charge < -0.3 is 5.11 Å². The number of hydrogen-bond donors (Lipinski definition) is 2. The summed E-state index contributed by atoms with van der Waals surface area (Å²) in [6.07, 6.45) is -1.01. The van der Waals surface area contributed by atoms with E-state index in [4.69, 9.17) is 11.6 Å². The Balaban J connectivity index is 2.13. The molecule has 0 fully saturated rings. The summed E-state index contributed by atoms with van der Waals surface area (Å²) in [5.41, 5.74) is 0.575. The van der Waals surface area contributed by atoms with Crippen LogP contribution in [0, 0.1) is 5.82 Å². The van der Waals surface area contributed by atoms with Crippen LogP contribution in [0.15, 0.2) is 53.4 Å².